The zero-order valence-electron chi connectivity index (χ0n) is 13.4. The number of aromatic nitrogens is 1. The van der Waals surface area contributed by atoms with Gasteiger partial charge in [-0.2, -0.15) is 0 Å². The quantitative estimate of drug-likeness (QED) is 0.426. The summed E-state index contributed by atoms with van der Waals surface area (Å²) in [5, 5.41) is 8.10. The molecule has 0 saturated carbocycles. The molecule has 0 saturated heterocycles. The first-order valence-corrected chi connectivity index (χ1v) is 9.45. The second kappa shape index (κ2) is 7.08. The van der Waals surface area contributed by atoms with Crippen LogP contribution in [-0.4, -0.2) is 10.9 Å². The van der Waals surface area contributed by atoms with Gasteiger partial charge in [-0.3, -0.25) is 10.1 Å². The summed E-state index contributed by atoms with van der Waals surface area (Å²) in [5.74, 6) is -0.375. The van der Waals surface area contributed by atoms with E-state index in [1.165, 1.54) is 16.7 Å². The highest BCUT2D eigenvalue weighted by atomic mass is 35.5. The van der Waals surface area contributed by atoms with Crippen molar-refractivity contribution in [3.8, 4) is 11.3 Å². The van der Waals surface area contributed by atoms with Crippen molar-refractivity contribution in [1.82, 2.24) is 4.98 Å². The van der Waals surface area contributed by atoms with Crippen molar-refractivity contribution in [3.63, 3.8) is 0 Å². The summed E-state index contributed by atoms with van der Waals surface area (Å²) in [7, 11) is 0. The summed E-state index contributed by atoms with van der Waals surface area (Å²) in [6, 6.07) is 19.3. The number of rotatable bonds is 3. The molecule has 1 amide bonds. The molecule has 1 aromatic heterocycles. The van der Waals surface area contributed by atoms with Gasteiger partial charge in [-0.05, 0) is 29.0 Å². The monoisotopic (exact) mass is 398 g/mol. The third-order valence-electron chi connectivity index (χ3n) is 3.96. The minimum Gasteiger partial charge on any atom is -0.298 e. The van der Waals surface area contributed by atoms with Crippen LogP contribution in [0.25, 0.3) is 22.0 Å². The molecular formula is C20H12Cl2N2OS. The minimum atomic E-state index is -0.375. The number of benzene rings is 3. The van der Waals surface area contributed by atoms with Gasteiger partial charge in [-0.25, -0.2) is 4.98 Å². The van der Waals surface area contributed by atoms with Gasteiger partial charge in [0.15, 0.2) is 5.13 Å². The molecule has 1 heterocycles. The molecule has 4 aromatic rings. The van der Waals surface area contributed by atoms with Crippen molar-refractivity contribution >= 4 is 56.3 Å². The van der Waals surface area contributed by atoms with Gasteiger partial charge in [0.1, 0.15) is 0 Å². The predicted molar refractivity (Wildman–Crippen MR) is 109 cm³/mol. The highest BCUT2D eigenvalue weighted by molar-refractivity contribution is 7.14. The van der Waals surface area contributed by atoms with Crippen LogP contribution in [0.3, 0.4) is 0 Å². The zero-order chi connectivity index (χ0) is 18.1. The summed E-state index contributed by atoms with van der Waals surface area (Å²) in [6.07, 6.45) is 0. The van der Waals surface area contributed by atoms with Gasteiger partial charge in [0.25, 0.3) is 5.91 Å². The molecule has 1 N–H and O–H groups in total. The molecule has 0 aliphatic rings. The lowest BCUT2D eigenvalue weighted by molar-refractivity contribution is 0.102. The standard InChI is InChI=1S/C20H12Cl2N2OS/c21-15-6-3-7-16(22)18(15)19(25)24-20-23-17(11-26-20)14-9-8-12-4-1-2-5-13(12)10-14/h1-11H,(H,23,24,25). The van der Waals surface area contributed by atoms with Crippen LogP contribution in [0.2, 0.25) is 10.0 Å². The Kier molecular flexibility index (Phi) is 4.64. The Labute approximate surface area is 164 Å². The zero-order valence-corrected chi connectivity index (χ0v) is 15.7. The molecule has 0 fully saturated rings. The van der Waals surface area contributed by atoms with E-state index in [-0.39, 0.29) is 11.5 Å². The third-order valence-corrected chi connectivity index (χ3v) is 5.35. The lowest BCUT2D eigenvalue weighted by atomic mass is 10.1. The van der Waals surface area contributed by atoms with E-state index < -0.39 is 0 Å². The van der Waals surface area contributed by atoms with E-state index in [2.05, 4.69) is 34.6 Å². The molecule has 0 atom stereocenters. The second-order valence-corrected chi connectivity index (χ2v) is 7.32. The number of fused-ring (bicyclic) bond motifs is 1. The van der Waals surface area contributed by atoms with Crippen LogP contribution in [0.15, 0.2) is 66.0 Å². The van der Waals surface area contributed by atoms with Crippen molar-refractivity contribution in [1.29, 1.82) is 0 Å². The number of nitrogens with one attached hydrogen (secondary N) is 1. The molecule has 4 rings (SSSR count). The Morgan fingerprint density at radius 3 is 2.42 bits per heavy atom. The predicted octanol–water partition coefficient (Wildman–Crippen LogP) is 6.52. The molecular weight excluding hydrogens is 387 g/mol. The number of carbonyl (C=O) groups is 1. The number of carbonyl (C=O) groups excluding carboxylic acids is 1. The molecule has 0 aliphatic carbocycles. The van der Waals surface area contributed by atoms with E-state index in [1.54, 1.807) is 18.2 Å². The van der Waals surface area contributed by atoms with E-state index in [1.807, 2.05) is 23.6 Å². The first kappa shape index (κ1) is 17.0. The number of thiazole rings is 1. The van der Waals surface area contributed by atoms with Crippen LogP contribution in [0, 0.1) is 0 Å². The minimum absolute atomic E-state index is 0.248. The summed E-state index contributed by atoms with van der Waals surface area (Å²) < 4.78 is 0. The first-order valence-electron chi connectivity index (χ1n) is 7.82. The van der Waals surface area contributed by atoms with Gasteiger partial charge in [-0.1, -0.05) is 65.7 Å². The summed E-state index contributed by atoms with van der Waals surface area (Å²) in [5.41, 5.74) is 2.05. The Hall–Kier alpha value is -2.40. The molecule has 0 bridgehead atoms. The number of hydrogen-bond acceptors (Lipinski definition) is 3. The normalized spacial score (nSPS) is 10.8. The summed E-state index contributed by atoms with van der Waals surface area (Å²) >= 11 is 13.5. The fourth-order valence-corrected chi connectivity index (χ4v) is 3.97. The Bertz CT molecular complexity index is 1100. The van der Waals surface area contributed by atoms with Crippen LogP contribution >= 0.6 is 34.5 Å². The molecule has 26 heavy (non-hydrogen) atoms. The maximum atomic E-state index is 12.5. The fourth-order valence-electron chi connectivity index (χ4n) is 2.69. The van der Waals surface area contributed by atoms with Gasteiger partial charge in [0, 0.05) is 10.9 Å². The van der Waals surface area contributed by atoms with Gasteiger partial charge < -0.3 is 0 Å². The van der Waals surface area contributed by atoms with Crippen molar-refractivity contribution in [2.24, 2.45) is 0 Å². The van der Waals surface area contributed by atoms with E-state index in [4.69, 9.17) is 23.2 Å². The average molecular weight is 399 g/mol. The molecule has 128 valence electrons. The van der Waals surface area contributed by atoms with Gasteiger partial charge >= 0.3 is 0 Å². The van der Waals surface area contributed by atoms with E-state index in [0.717, 1.165) is 16.6 Å². The molecule has 6 heteroatoms. The van der Waals surface area contributed by atoms with Crippen LogP contribution < -0.4 is 5.32 Å². The largest absolute Gasteiger partial charge is 0.298 e. The average Bonchev–Trinajstić information content (AvgIpc) is 3.09. The fraction of sp³-hybridized carbons (Fsp3) is 0. The lowest BCUT2D eigenvalue weighted by Gasteiger charge is -2.06. The van der Waals surface area contributed by atoms with Crippen molar-refractivity contribution < 1.29 is 4.79 Å². The maximum Gasteiger partial charge on any atom is 0.260 e. The van der Waals surface area contributed by atoms with Gasteiger partial charge in [0.2, 0.25) is 0 Å². The van der Waals surface area contributed by atoms with E-state index in [0.29, 0.717) is 15.2 Å². The maximum absolute atomic E-state index is 12.5. The number of anilines is 1. The molecule has 0 unspecified atom stereocenters. The van der Waals surface area contributed by atoms with Crippen LogP contribution in [-0.2, 0) is 0 Å². The Balaban J connectivity index is 1.60. The molecule has 0 spiro atoms. The van der Waals surface area contributed by atoms with Crippen LogP contribution in [0.5, 0.6) is 0 Å². The van der Waals surface area contributed by atoms with Crippen molar-refractivity contribution in [2.75, 3.05) is 5.32 Å². The Morgan fingerprint density at radius 2 is 1.65 bits per heavy atom. The molecule has 3 nitrogen and oxygen atoms in total. The Morgan fingerprint density at radius 1 is 0.923 bits per heavy atom. The third kappa shape index (κ3) is 3.31. The SMILES string of the molecule is O=C(Nc1nc(-c2ccc3ccccc3c2)cs1)c1c(Cl)cccc1Cl. The number of halogens is 2. The van der Waals surface area contributed by atoms with Crippen LogP contribution in [0.1, 0.15) is 10.4 Å². The summed E-state index contributed by atoms with van der Waals surface area (Å²) in [4.78, 5) is 17.0. The van der Waals surface area contributed by atoms with E-state index in [9.17, 15) is 4.79 Å². The van der Waals surface area contributed by atoms with Crippen LogP contribution in [0.4, 0.5) is 5.13 Å². The first-order chi connectivity index (χ1) is 12.6. The molecule has 0 radical (unpaired) electrons. The van der Waals surface area contributed by atoms with E-state index >= 15 is 0 Å². The molecule has 3 aromatic carbocycles. The van der Waals surface area contributed by atoms with Gasteiger partial charge in [0.05, 0.1) is 21.3 Å². The number of nitrogens with zero attached hydrogens (tertiary/aromatic N) is 1. The number of amides is 1. The summed E-state index contributed by atoms with van der Waals surface area (Å²) in [6.45, 7) is 0. The van der Waals surface area contributed by atoms with Crippen molar-refractivity contribution in [3.05, 3.63) is 81.7 Å². The highest BCUT2D eigenvalue weighted by Gasteiger charge is 2.16. The topological polar surface area (TPSA) is 42.0 Å². The highest BCUT2D eigenvalue weighted by Crippen LogP contribution is 2.29. The second-order valence-electron chi connectivity index (χ2n) is 5.65. The molecule has 0 aliphatic heterocycles. The van der Waals surface area contributed by atoms with Crippen molar-refractivity contribution in [2.45, 2.75) is 0 Å². The smallest absolute Gasteiger partial charge is 0.260 e. The lowest BCUT2D eigenvalue weighted by Crippen LogP contribution is -2.12. The number of hydrogen-bond donors (Lipinski definition) is 1. The van der Waals surface area contributed by atoms with Gasteiger partial charge in [-0.15, -0.1) is 11.3 Å².